The van der Waals surface area contributed by atoms with Crippen molar-refractivity contribution in [2.75, 3.05) is 7.11 Å². The van der Waals surface area contributed by atoms with Crippen molar-refractivity contribution < 1.29 is 23.0 Å². The van der Waals surface area contributed by atoms with Gasteiger partial charge in [0.15, 0.2) is 0 Å². The monoisotopic (exact) mass is 214 g/mol. The van der Waals surface area contributed by atoms with Gasteiger partial charge in [-0.25, -0.2) is 0 Å². The van der Waals surface area contributed by atoms with Gasteiger partial charge < -0.3 is 9.84 Å². The fraction of sp³-hybridized carbons (Fsp3) is 1.00. The number of alkyl halides is 3. The molecule has 1 unspecified atom stereocenters. The van der Waals surface area contributed by atoms with Gasteiger partial charge in [-0.3, -0.25) is 0 Å². The van der Waals surface area contributed by atoms with E-state index in [1.165, 1.54) is 7.11 Å². The lowest BCUT2D eigenvalue weighted by Gasteiger charge is -2.25. The van der Waals surface area contributed by atoms with Gasteiger partial charge in [0.05, 0.1) is 11.7 Å². The highest BCUT2D eigenvalue weighted by atomic mass is 19.4. The first kappa shape index (κ1) is 13.7. The van der Waals surface area contributed by atoms with Crippen molar-refractivity contribution in [2.45, 2.75) is 51.0 Å². The fourth-order valence-corrected chi connectivity index (χ4v) is 1.08. The summed E-state index contributed by atoms with van der Waals surface area (Å²) in [5, 5.41) is 9.30. The normalized spacial score (nSPS) is 15.6. The first-order valence-electron chi connectivity index (χ1n) is 4.46. The number of aliphatic hydroxyl groups is 1. The number of rotatable bonds is 5. The second-order valence-electron chi connectivity index (χ2n) is 3.98. The van der Waals surface area contributed by atoms with E-state index < -0.39 is 24.3 Å². The lowest BCUT2D eigenvalue weighted by atomic mass is 9.98. The largest absolute Gasteiger partial charge is 0.393 e. The molecule has 86 valence electrons. The Labute approximate surface area is 82.1 Å². The highest BCUT2D eigenvalue weighted by Gasteiger charge is 2.29. The van der Waals surface area contributed by atoms with Crippen LogP contribution in [0.3, 0.4) is 0 Å². The Bertz CT molecular complexity index is 166. The van der Waals surface area contributed by atoms with Crippen molar-refractivity contribution in [3.8, 4) is 0 Å². The van der Waals surface area contributed by atoms with Gasteiger partial charge in [0.1, 0.15) is 0 Å². The minimum atomic E-state index is -4.20. The van der Waals surface area contributed by atoms with Crippen LogP contribution in [0.4, 0.5) is 13.2 Å². The Kier molecular flexibility index (Phi) is 4.88. The molecule has 2 nitrogen and oxygen atoms in total. The van der Waals surface area contributed by atoms with E-state index in [1.807, 2.05) is 0 Å². The number of hydrogen-bond donors (Lipinski definition) is 1. The lowest BCUT2D eigenvalue weighted by molar-refractivity contribution is -0.142. The van der Waals surface area contributed by atoms with E-state index in [0.29, 0.717) is 0 Å². The average Bonchev–Trinajstić information content (AvgIpc) is 1.99. The second kappa shape index (κ2) is 4.98. The molecule has 0 aliphatic heterocycles. The van der Waals surface area contributed by atoms with Crippen molar-refractivity contribution in [1.29, 1.82) is 0 Å². The molecule has 0 heterocycles. The summed E-state index contributed by atoms with van der Waals surface area (Å²) in [7, 11) is 1.47. The molecule has 0 rings (SSSR count). The van der Waals surface area contributed by atoms with Gasteiger partial charge in [-0.1, -0.05) is 0 Å². The molecule has 0 spiro atoms. The van der Waals surface area contributed by atoms with Crippen LogP contribution in [0.15, 0.2) is 0 Å². The van der Waals surface area contributed by atoms with Crippen molar-refractivity contribution in [2.24, 2.45) is 0 Å². The molecule has 0 amide bonds. The number of hydrogen-bond acceptors (Lipinski definition) is 2. The van der Waals surface area contributed by atoms with E-state index in [-0.39, 0.29) is 12.8 Å². The molecule has 0 aromatic carbocycles. The topological polar surface area (TPSA) is 29.5 Å². The van der Waals surface area contributed by atoms with Crippen LogP contribution in [0.1, 0.15) is 33.1 Å². The molecule has 0 aromatic rings. The van der Waals surface area contributed by atoms with E-state index in [1.54, 1.807) is 13.8 Å². The molecule has 0 aliphatic carbocycles. The van der Waals surface area contributed by atoms with Crippen molar-refractivity contribution in [3.05, 3.63) is 0 Å². The standard InChI is InChI=1S/C9H17F3O2/c1-8(2,14-3)6-7(13)4-5-9(10,11)12/h7,13H,4-6H2,1-3H3. The van der Waals surface area contributed by atoms with Crippen LogP contribution in [-0.4, -0.2) is 30.1 Å². The molecular formula is C9H17F3O2. The summed E-state index contributed by atoms with van der Waals surface area (Å²) in [6.45, 7) is 3.45. The second-order valence-corrected chi connectivity index (χ2v) is 3.98. The first-order chi connectivity index (χ1) is 6.16. The third kappa shape index (κ3) is 7.15. The highest BCUT2D eigenvalue weighted by molar-refractivity contribution is 4.73. The van der Waals surface area contributed by atoms with Gasteiger partial charge in [0.2, 0.25) is 0 Å². The summed E-state index contributed by atoms with van der Waals surface area (Å²) in [6, 6.07) is 0. The maximum Gasteiger partial charge on any atom is 0.389 e. The zero-order valence-corrected chi connectivity index (χ0v) is 8.69. The predicted octanol–water partition coefficient (Wildman–Crippen LogP) is 2.50. The van der Waals surface area contributed by atoms with E-state index in [9.17, 15) is 18.3 Å². The number of aliphatic hydroxyl groups excluding tert-OH is 1. The summed E-state index contributed by atoms with van der Waals surface area (Å²) in [5.41, 5.74) is -0.578. The lowest BCUT2D eigenvalue weighted by Crippen LogP contribution is -2.29. The van der Waals surface area contributed by atoms with Gasteiger partial charge in [0.25, 0.3) is 0 Å². The van der Waals surface area contributed by atoms with Gasteiger partial charge in [-0.2, -0.15) is 13.2 Å². The smallest absolute Gasteiger partial charge is 0.389 e. The summed E-state index contributed by atoms with van der Waals surface area (Å²) in [5.74, 6) is 0. The minimum absolute atomic E-state index is 0.208. The molecule has 0 aromatic heterocycles. The van der Waals surface area contributed by atoms with Crippen molar-refractivity contribution in [3.63, 3.8) is 0 Å². The van der Waals surface area contributed by atoms with Gasteiger partial charge in [-0.15, -0.1) is 0 Å². The number of ether oxygens (including phenoxy) is 1. The van der Waals surface area contributed by atoms with Crippen LogP contribution in [0.2, 0.25) is 0 Å². The maximum atomic E-state index is 11.8. The van der Waals surface area contributed by atoms with Crippen LogP contribution >= 0.6 is 0 Å². The van der Waals surface area contributed by atoms with Gasteiger partial charge in [0, 0.05) is 20.0 Å². The van der Waals surface area contributed by atoms with Crippen LogP contribution in [0.5, 0.6) is 0 Å². The zero-order valence-electron chi connectivity index (χ0n) is 8.69. The fourth-order valence-electron chi connectivity index (χ4n) is 1.08. The number of halogens is 3. The van der Waals surface area contributed by atoms with Crippen molar-refractivity contribution >= 4 is 0 Å². The van der Waals surface area contributed by atoms with E-state index in [0.717, 1.165) is 0 Å². The maximum absolute atomic E-state index is 11.8. The molecule has 1 atom stereocenters. The molecule has 0 saturated carbocycles. The van der Waals surface area contributed by atoms with E-state index >= 15 is 0 Å². The minimum Gasteiger partial charge on any atom is -0.393 e. The number of methoxy groups -OCH3 is 1. The molecule has 0 bridgehead atoms. The predicted molar refractivity (Wildman–Crippen MR) is 47.0 cm³/mol. The highest BCUT2D eigenvalue weighted by Crippen LogP contribution is 2.25. The zero-order chi connectivity index (χ0) is 11.4. The Morgan fingerprint density at radius 3 is 2.14 bits per heavy atom. The molecule has 0 radical (unpaired) electrons. The van der Waals surface area contributed by atoms with Gasteiger partial charge in [-0.05, 0) is 20.3 Å². The van der Waals surface area contributed by atoms with Gasteiger partial charge >= 0.3 is 6.18 Å². The molecule has 0 aliphatic rings. The van der Waals surface area contributed by atoms with Crippen LogP contribution in [-0.2, 0) is 4.74 Å². The van der Waals surface area contributed by atoms with Crippen LogP contribution in [0.25, 0.3) is 0 Å². The van der Waals surface area contributed by atoms with E-state index in [4.69, 9.17) is 4.74 Å². The Morgan fingerprint density at radius 1 is 1.29 bits per heavy atom. The summed E-state index contributed by atoms with van der Waals surface area (Å²) < 4.78 is 40.4. The third-order valence-electron chi connectivity index (χ3n) is 2.04. The van der Waals surface area contributed by atoms with Crippen molar-refractivity contribution in [1.82, 2.24) is 0 Å². The summed E-state index contributed by atoms with van der Waals surface area (Å²) in [4.78, 5) is 0. The Balaban J connectivity index is 3.82. The average molecular weight is 214 g/mol. The molecule has 0 saturated heterocycles. The van der Waals surface area contributed by atoms with Crippen LogP contribution < -0.4 is 0 Å². The molecule has 0 fully saturated rings. The Morgan fingerprint density at radius 2 is 1.79 bits per heavy atom. The Hall–Kier alpha value is -0.290. The molecule has 14 heavy (non-hydrogen) atoms. The van der Waals surface area contributed by atoms with Crippen LogP contribution in [0, 0.1) is 0 Å². The summed E-state index contributed by atoms with van der Waals surface area (Å²) in [6.07, 6.45) is -6.17. The molecule has 5 heteroatoms. The molecular weight excluding hydrogens is 197 g/mol. The molecule has 1 N–H and O–H groups in total. The van der Waals surface area contributed by atoms with E-state index in [2.05, 4.69) is 0 Å². The first-order valence-corrected chi connectivity index (χ1v) is 4.46. The summed E-state index contributed by atoms with van der Waals surface area (Å²) >= 11 is 0. The SMILES string of the molecule is COC(C)(C)CC(O)CCC(F)(F)F. The third-order valence-corrected chi connectivity index (χ3v) is 2.04. The quantitative estimate of drug-likeness (QED) is 0.762.